The zero-order chi connectivity index (χ0) is 27.5. The third-order valence-corrected chi connectivity index (χ3v) is 7.40. The highest BCUT2D eigenvalue weighted by molar-refractivity contribution is 6.10. The van der Waals surface area contributed by atoms with E-state index >= 15 is 0 Å². The van der Waals surface area contributed by atoms with Gasteiger partial charge in [0.05, 0.1) is 24.0 Å². The molecule has 1 amide bonds. The molecule has 0 radical (unpaired) electrons. The Kier molecular flexibility index (Phi) is 8.50. The number of ether oxygens (including phenoxy) is 1. The number of ketones is 4. The predicted octanol–water partition coefficient (Wildman–Crippen LogP) is 3.98. The minimum absolute atomic E-state index is 0.105. The molecule has 8 heteroatoms. The molecule has 1 aromatic carbocycles. The van der Waals surface area contributed by atoms with E-state index in [2.05, 4.69) is 0 Å². The highest BCUT2D eigenvalue weighted by atomic mass is 16.5. The van der Waals surface area contributed by atoms with E-state index in [1.165, 1.54) is 4.90 Å². The van der Waals surface area contributed by atoms with E-state index in [1.807, 2.05) is 27.7 Å². The molecule has 37 heavy (non-hydrogen) atoms. The Morgan fingerprint density at radius 3 is 1.70 bits per heavy atom. The maximum Gasteiger partial charge on any atom is 0.338 e. The summed E-state index contributed by atoms with van der Waals surface area (Å²) in [4.78, 5) is 78.2. The molecule has 3 rings (SSSR count). The van der Waals surface area contributed by atoms with Crippen LogP contribution in [0, 0.1) is 28.6 Å². The fourth-order valence-corrected chi connectivity index (χ4v) is 5.83. The lowest BCUT2D eigenvalue weighted by atomic mass is 9.60. The molecule has 0 unspecified atom stereocenters. The lowest BCUT2D eigenvalue weighted by molar-refractivity contribution is -0.148. The number of amides is 1. The summed E-state index contributed by atoms with van der Waals surface area (Å²) in [6, 6.07) is 6.31. The van der Waals surface area contributed by atoms with E-state index < -0.39 is 34.6 Å². The van der Waals surface area contributed by atoms with Crippen molar-refractivity contribution in [3.05, 3.63) is 29.8 Å². The standard InChI is InChI=1S/C29H37NO7/c1-6-37-27(36)18-7-9-19(10-8-18)30(17-31)12-11-20(25-21(32)13-28(2,3)14-22(25)33)26-23(34)15-29(4,5)16-24(26)35/h7-10,17,20,25-26H,6,11-16H2,1-5H3. The third-order valence-electron chi connectivity index (χ3n) is 7.40. The van der Waals surface area contributed by atoms with Crippen molar-refractivity contribution in [1.29, 1.82) is 0 Å². The van der Waals surface area contributed by atoms with E-state index in [1.54, 1.807) is 31.2 Å². The van der Waals surface area contributed by atoms with Crippen molar-refractivity contribution in [1.82, 2.24) is 0 Å². The van der Waals surface area contributed by atoms with Crippen LogP contribution in [0.4, 0.5) is 5.69 Å². The maximum atomic E-state index is 13.2. The molecule has 2 saturated carbocycles. The van der Waals surface area contributed by atoms with Gasteiger partial charge in [-0.25, -0.2) is 4.79 Å². The lowest BCUT2D eigenvalue weighted by Gasteiger charge is -2.41. The lowest BCUT2D eigenvalue weighted by Crippen LogP contribution is -2.50. The van der Waals surface area contributed by atoms with Gasteiger partial charge in [-0.3, -0.25) is 24.0 Å². The summed E-state index contributed by atoms with van der Waals surface area (Å²) in [6.45, 7) is 9.51. The van der Waals surface area contributed by atoms with Gasteiger partial charge < -0.3 is 9.64 Å². The average Bonchev–Trinajstić information content (AvgIpc) is 2.77. The number of hydrogen-bond acceptors (Lipinski definition) is 7. The first-order valence-corrected chi connectivity index (χ1v) is 12.9. The summed E-state index contributed by atoms with van der Waals surface area (Å²) in [5.41, 5.74) is -0.0800. The van der Waals surface area contributed by atoms with Gasteiger partial charge in [0.15, 0.2) is 0 Å². The molecule has 2 aliphatic carbocycles. The van der Waals surface area contributed by atoms with Gasteiger partial charge in [-0.1, -0.05) is 27.7 Å². The first kappa shape index (κ1) is 28.4. The summed E-state index contributed by atoms with van der Waals surface area (Å²) in [5, 5.41) is 0. The molecule has 0 saturated heterocycles. The van der Waals surface area contributed by atoms with Crippen LogP contribution in [0.3, 0.4) is 0 Å². The van der Waals surface area contributed by atoms with Gasteiger partial charge in [0.1, 0.15) is 23.1 Å². The molecule has 0 bridgehead atoms. The Morgan fingerprint density at radius 1 is 0.892 bits per heavy atom. The number of benzene rings is 1. The van der Waals surface area contributed by atoms with Gasteiger partial charge in [0.25, 0.3) is 0 Å². The maximum absolute atomic E-state index is 13.2. The number of carbonyl (C=O) groups is 6. The summed E-state index contributed by atoms with van der Waals surface area (Å²) in [6.07, 6.45) is 1.57. The molecule has 0 spiro atoms. The molecule has 0 N–H and O–H groups in total. The van der Waals surface area contributed by atoms with Gasteiger partial charge >= 0.3 is 5.97 Å². The highest BCUT2D eigenvalue weighted by Gasteiger charge is 2.51. The zero-order valence-corrected chi connectivity index (χ0v) is 22.4. The molecular weight excluding hydrogens is 474 g/mol. The van der Waals surface area contributed by atoms with Gasteiger partial charge in [-0.15, -0.1) is 0 Å². The van der Waals surface area contributed by atoms with E-state index in [0.717, 1.165) is 0 Å². The van der Waals surface area contributed by atoms with Crippen molar-refractivity contribution in [2.24, 2.45) is 28.6 Å². The summed E-state index contributed by atoms with van der Waals surface area (Å²) < 4.78 is 4.99. The van der Waals surface area contributed by atoms with Crippen LogP contribution < -0.4 is 4.90 Å². The Balaban J connectivity index is 1.88. The van der Waals surface area contributed by atoms with Crippen LogP contribution in [0.15, 0.2) is 24.3 Å². The van der Waals surface area contributed by atoms with Crippen molar-refractivity contribution in [2.75, 3.05) is 18.1 Å². The van der Waals surface area contributed by atoms with E-state index in [0.29, 0.717) is 17.7 Å². The first-order valence-electron chi connectivity index (χ1n) is 12.9. The van der Waals surface area contributed by atoms with Gasteiger partial charge in [0.2, 0.25) is 6.41 Å². The zero-order valence-electron chi connectivity index (χ0n) is 22.4. The van der Waals surface area contributed by atoms with Gasteiger partial charge in [-0.2, -0.15) is 0 Å². The average molecular weight is 512 g/mol. The molecule has 200 valence electrons. The number of hydrogen-bond donors (Lipinski definition) is 0. The second-order valence-corrected chi connectivity index (χ2v) is 11.9. The summed E-state index contributed by atoms with van der Waals surface area (Å²) >= 11 is 0. The second kappa shape index (κ2) is 11.1. The fourth-order valence-electron chi connectivity index (χ4n) is 5.83. The highest BCUT2D eigenvalue weighted by Crippen LogP contribution is 2.44. The minimum atomic E-state index is -1.04. The molecule has 1 aromatic rings. The predicted molar refractivity (Wildman–Crippen MR) is 137 cm³/mol. The molecular formula is C29H37NO7. The van der Waals surface area contributed by atoms with E-state index in [-0.39, 0.29) is 68.4 Å². The van der Waals surface area contributed by atoms with Crippen molar-refractivity contribution in [2.45, 2.75) is 66.7 Å². The smallest absolute Gasteiger partial charge is 0.338 e. The normalized spacial score (nSPS) is 20.3. The van der Waals surface area contributed by atoms with E-state index in [9.17, 15) is 28.8 Å². The summed E-state index contributed by atoms with van der Waals surface area (Å²) in [5.74, 6) is -4.31. The number of anilines is 1. The van der Waals surface area contributed by atoms with Crippen LogP contribution in [0.25, 0.3) is 0 Å². The van der Waals surface area contributed by atoms with Crippen molar-refractivity contribution in [3.63, 3.8) is 0 Å². The van der Waals surface area contributed by atoms with E-state index in [4.69, 9.17) is 4.74 Å². The SMILES string of the molecule is CCOC(=O)c1ccc(N(C=O)CCC(C2C(=O)CC(C)(C)CC2=O)C2C(=O)CC(C)(C)CC2=O)cc1. The second-order valence-electron chi connectivity index (χ2n) is 11.9. The molecule has 0 aliphatic heterocycles. The fraction of sp³-hybridized carbons (Fsp3) is 0.586. The largest absolute Gasteiger partial charge is 0.462 e. The first-order chi connectivity index (χ1) is 17.3. The Bertz CT molecular complexity index is 998. The number of nitrogens with zero attached hydrogens (tertiary/aromatic N) is 1. The summed E-state index contributed by atoms with van der Waals surface area (Å²) in [7, 11) is 0. The number of Topliss-reactive ketones (excluding diaryl/α,β-unsaturated/α-hetero) is 4. The van der Waals surface area contributed by atoms with Crippen molar-refractivity contribution >= 4 is 41.2 Å². The molecule has 2 aliphatic rings. The monoisotopic (exact) mass is 511 g/mol. The van der Waals surface area contributed by atoms with Crippen LogP contribution in [0.2, 0.25) is 0 Å². The number of carbonyl (C=O) groups excluding carboxylic acids is 6. The molecule has 0 atom stereocenters. The Labute approximate surface area is 218 Å². The molecule has 0 aromatic heterocycles. The van der Waals surface area contributed by atoms with Crippen molar-refractivity contribution in [3.8, 4) is 0 Å². The molecule has 8 nitrogen and oxygen atoms in total. The van der Waals surface area contributed by atoms with Crippen LogP contribution in [0.1, 0.15) is 77.1 Å². The van der Waals surface area contributed by atoms with Gasteiger partial charge in [-0.05, 0) is 54.4 Å². The van der Waals surface area contributed by atoms with Crippen LogP contribution in [0.5, 0.6) is 0 Å². The molecule has 2 fully saturated rings. The Morgan fingerprint density at radius 2 is 1.32 bits per heavy atom. The third kappa shape index (κ3) is 6.59. The molecule has 0 heterocycles. The van der Waals surface area contributed by atoms with Crippen LogP contribution in [-0.4, -0.2) is 48.7 Å². The van der Waals surface area contributed by atoms with Gasteiger partial charge in [0, 0.05) is 37.9 Å². The topological polar surface area (TPSA) is 115 Å². The Hall–Kier alpha value is -3.16. The number of esters is 1. The van der Waals surface area contributed by atoms with Crippen LogP contribution >= 0.6 is 0 Å². The number of rotatable bonds is 9. The van der Waals surface area contributed by atoms with Crippen LogP contribution in [-0.2, 0) is 28.7 Å². The quantitative estimate of drug-likeness (QED) is 0.280. The minimum Gasteiger partial charge on any atom is -0.462 e. The van der Waals surface area contributed by atoms with Crippen molar-refractivity contribution < 1.29 is 33.5 Å².